The predicted molar refractivity (Wildman–Crippen MR) is 66.0 cm³/mol. The number of carboxylic acid groups (broad SMARTS) is 1. The van der Waals surface area contributed by atoms with Crippen molar-refractivity contribution in [1.82, 2.24) is 5.32 Å². The first-order valence-electron chi connectivity index (χ1n) is 5.82. The Labute approximate surface area is 102 Å². The molecule has 4 heteroatoms. The fourth-order valence-electron chi connectivity index (χ4n) is 1.30. The van der Waals surface area contributed by atoms with E-state index in [0.29, 0.717) is 18.2 Å². The maximum Gasteiger partial charge on any atom is 0.338 e. The molecular weight excluding hydrogens is 218 g/mol. The fraction of sp³-hybridized carbons (Fsp3) is 0.615. The molecule has 0 aliphatic heterocycles. The van der Waals surface area contributed by atoms with Crippen LogP contribution in [-0.4, -0.2) is 17.6 Å². The molecule has 0 amide bonds. The van der Waals surface area contributed by atoms with Gasteiger partial charge in [0, 0.05) is 0 Å². The van der Waals surface area contributed by atoms with Gasteiger partial charge in [0.2, 0.25) is 0 Å². The molecule has 4 nitrogen and oxygen atoms in total. The van der Waals surface area contributed by atoms with E-state index in [1.807, 2.05) is 0 Å². The topological polar surface area (TPSA) is 62.5 Å². The molecular formula is C13H21NO3. The molecule has 1 rings (SSSR count). The highest BCUT2D eigenvalue weighted by Crippen LogP contribution is 2.24. The molecule has 0 saturated carbocycles. The number of carbonyl (C=O) groups is 1. The molecule has 0 saturated heterocycles. The van der Waals surface area contributed by atoms with Crippen LogP contribution in [0.25, 0.3) is 0 Å². The van der Waals surface area contributed by atoms with Crippen LogP contribution in [0.15, 0.2) is 16.7 Å². The van der Waals surface area contributed by atoms with Crippen LogP contribution in [0.4, 0.5) is 0 Å². The van der Waals surface area contributed by atoms with Gasteiger partial charge in [-0.1, -0.05) is 27.7 Å². The van der Waals surface area contributed by atoms with Crippen LogP contribution in [0.5, 0.6) is 0 Å². The average molecular weight is 239 g/mol. The van der Waals surface area contributed by atoms with Gasteiger partial charge >= 0.3 is 5.97 Å². The Balaban J connectivity index is 2.38. The van der Waals surface area contributed by atoms with Crippen molar-refractivity contribution in [3.63, 3.8) is 0 Å². The zero-order valence-electron chi connectivity index (χ0n) is 10.9. The SMILES string of the molecule is CC(CNCc1cc(C(=O)O)co1)C(C)(C)C. The lowest BCUT2D eigenvalue weighted by Gasteiger charge is -2.27. The lowest BCUT2D eigenvalue weighted by Crippen LogP contribution is -2.29. The van der Waals surface area contributed by atoms with Gasteiger partial charge < -0.3 is 14.8 Å². The summed E-state index contributed by atoms with van der Waals surface area (Å²) in [5, 5.41) is 12.0. The maximum absolute atomic E-state index is 10.6. The first kappa shape index (κ1) is 13.8. The summed E-state index contributed by atoms with van der Waals surface area (Å²) < 4.78 is 5.15. The lowest BCUT2D eigenvalue weighted by molar-refractivity contribution is 0.0696. The highest BCUT2D eigenvalue weighted by Gasteiger charge is 2.19. The highest BCUT2D eigenvalue weighted by atomic mass is 16.4. The first-order chi connectivity index (χ1) is 7.80. The first-order valence-corrected chi connectivity index (χ1v) is 5.82. The summed E-state index contributed by atoms with van der Waals surface area (Å²) in [6.07, 6.45) is 1.27. The third-order valence-electron chi connectivity index (χ3n) is 3.13. The second-order valence-electron chi connectivity index (χ2n) is 5.50. The largest absolute Gasteiger partial charge is 0.478 e. The Morgan fingerprint density at radius 2 is 2.18 bits per heavy atom. The third kappa shape index (κ3) is 4.23. The van der Waals surface area contributed by atoms with Gasteiger partial charge in [0.05, 0.1) is 12.1 Å². The van der Waals surface area contributed by atoms with E-state index < -0.39 is 5.97 Å². The molecule has 0 aliphatic carbocycles. The van der Waals surface area contributed by atoms with Crippen LogP contribution in [0, 0.1) is 11.3 Å². The van der Waals surface area contributed by atoms with Crippen molar-refractivity contribution in [2.75, 3.05) is 6.54 Å². The lowest BCUT2D eigenvalue weighted by atomic mass is 9.82. The average Bonchev–Trinajstić information content (AvgIpc) is 2.64. The van der Waals surface area contributed by atoms with Gasteiger partial charge in [-0.2, -0.15) is 0 Å². The number of furan rings is 1. The Morgan fingerprint density at radius 1 is 1.53 bits per heavy atom. The molecule has 0 fully saturated rings. The normalized spacial score (nSPS) is 13.6. The van der Waals surface area contributed by atoms with Gasteiger partial charge in [-0.05, 0) is 23.9 Å². The van der Waals surface area contributed by atoms with Crippen molar-refractivity contribution in [2.24, 2.45) is 11.3 Å². The summed E-state index contributed by atoms with van der Waals surface area (Å²) in [5.41, 5.74) is 0.466. The summed E-state index contributed by atoms with van der Waals surface area (Å²) in [6.45, 7) is 10.2. The molecule has 1 unspecified atom stereocenters. The van der Waals surface area contributed by atoms with Crippen LogP contribution in [0.2, 0.25) is 0 Å². The van der Waals surface area contributed by atoms with Crippen molar-refractivity contribution in [2.45, 2.75) is 34.2 Å². The van der Waals surface area contributed by atoms with E-state index in [2.05, 4.69) is 33.0 Å². The quantitative estimate of drug-likeness (QED) is 0.829. The van der Waals surface area contributed by atoms with Gasteiger partial charge in [-0.15, -0.1) is 0 Å². The van der Waals surface area contributed by atoms with Crippen molar-refractivity contribution in [1.29, 1.82) is 0 Å². The van der Waals surface area contributed by atoms with Crippen molar-refractivity contribution in [3.8, 4) is 0 Å². The Kier molecular flexibility index (Phi) is 4.34. The number of hydrogen-bond donors (Lipinski definition) is 2. The molecule has 1 aromatic rings. The number of nitrogens with one attached hydrogen (secondary N) is 1. The standard InChI is InChI=1S/C13H21NO3/c1-9(13(2,3)4)6-14-7-11-5-10(8-17-11)12(15)16/h5,8-9,14H,6-7H2,1-4H3,(H,15,16). The smallest absolute Gasteiger partial charge is 0.338 e. The molecule has 0 aromatic carbocycles. The number of hydrogen-bond acceptors (Lipinski definition) is 3. The minimum Gasteiger partial charge on any atom is -0.478 e. The zero-order valence-corrected chi connectivity index (χ0v) is 10.9. The highest BCUT2D eigenvalue weighted by molar-refractivity contribution is 5.87. The second kappa shape index (κ2) is 5.36. The molecule has 1 atom stereocenters. The molecule has 0 aliphatic rings. The Hall–Kier alpha value is -1.29. The molecule has 1 heterocycles. The Bertz CT molecular complexity index is 376. The van der Waals surface area contributed by atoms with E-state index in [1.165, 1.54) is 6.26 Å². The molecule has 0 bridgehead atoms. The number of carboxylic acids is 1. The number of rotatable bonds is 5. The summed E-state index contributed by atoms with van der Waals surface area (Å²) in [4.78, 5) is 10.6. The van der Waals surface area contributed by atoms with Gasteiger partial charge in [0.25, 0.3) is 0 Å². The van der Waals surface area contributed by atoms with Crippen LogP contribution in [0.3, 0.4) is 0 Å². The molecule has 2 N–H and O–H groups in total. The van der Waals surface area contributed by atoms with E-state index in [0.717, 1.165) is 6.54 Å². The summed E-state index contributed by atoms with van der Waals surface area (Å²) in [5.74, 6) is 0.239. The fourth-order valence-corrected chi connectivity index (χ4v) is 1.30. The van der Waals surface area contributed by atoms with Gasteiger partial charge in [0.1, 0.15) is 12.0 Å². The van der Waals surface area contributed by atoms with Crippen molar-refractivity contribution in [3.05, 3.63) is 23.7 Å². The maximum atomic E-state index is 10.6. The predicted octanol–water partition coefficient (Wildman–Crippen LogP) is 2.75. The number of aromatic carboxylic acids is 1. The van der Waals surface area contributed by atoms with Gasteiger partial charge in [-0.25, -0.2) is 4.79 Å². The second-order valence-corrected chi connectivity index (χ2v) is 5.50. The van der Waals surface area contributed by atoms with E-state index in [9.17, 15) is 4.79 Å². The van der Waals surface area contributed by atoms with E-state index in [1.54, 1.807) is 6.07 Å². The third-order valence-corrected chi connectivity index (χ3v) is 3.13. The molecule has 1 aromatic heterocycles. The monoisotopic (exact) mass is 239 g/mol. The van der Waals surface area contributed by atoms with Gasteiger partial charge in [-0.3, -0.25) is 0 Å². The summed E-state index contributed by atoms with van der Waals surface area (Å²) in [6, 6.07) is 1.55. The van der Waals surface area contributed by atoms with Crippen LogP contribution in [0.1, 0.15) is 43.8 Å². The molecule has 0 spiro atoms. The van der Waals surface area contributed by atoms with Crippen LogP contribution >= 0.6 is 0 Å². The zero-order chi connectivity index (χ0) is 13.1. The van der Waals surface area contributed by atoms with Crippen LogP contribution < -0.4 is 5.32 Å². The molecule has 96 valence electrons. The van der Waals surface area contributed by atoms with Gasteiger partial charge in [0.15, 0.2) is 0 Å². The van der Waals surface area contributed by atoms with E-state index >= 15 is 0 Å². The molecule has 0 radical (unpaired) electrons. The van der Waals surface area contributed by atoms with Crippen LogP contribution in [-0.2, 0) is 6.54 Å². The van der Waals surface area contributed by atoms with E-state index in [-0.39, 0.29) is 11.0 Å². The minimum atomic E-state index is -0.956. The Morgan fingerprint density at radius 3 is 2.65 bits per heavy atom. The van der Waals surface area contributed by atoms with E-state index in [4.69, 9.17) is 9.52 Å². The minimum absolute atomic E-state index is 0.200. The summed E-state index contributed by atoms with van der Waals surface area (Å²) >= 11 is 0. The molecule has 17 heavy (non-hydrogen) atoms. The summed E-state index contributed by atoms with van der Waals surface area (Å²) in [7, 11) is 0. The van der Waals surface area contributed by atoms with Crippen molar-refractivity contribution >= 4 is 5.97 Å². The van der Waals surface area contributed by atoms with Crippen molar-refractivity contribution < 1.29 is 14.3 Å².